The van der Waals surface area contributed by atoms with Crippen LogP contribution in [-0.4, -0.2) is 85.3 Å². The highest BCUT2D eigenvalue weighted by Gasteiger charge is 2.59. The minimum atomic E-state index is -3.26. The number of hydrogen-bond acceptors (Lipinski definition) is 12. The maximum atomic E-state index is 15.9. The number of carbonyl (C=O) groups excluding carboxylic acids is 6. The van der Waals surface area contributed by atoms with Crippen molar-refractivity contribution in [2.45, 2.75) is 77.4 Å². The zero-order valence-electron chi connectivity index (χ0n) is 20.6. The molecule has 0 aromatic rings. The summed E-state index contributed by atoms with van der Waals surface area (Å²) in [7, 11) is 0. The van der Waals surface area contributed by atoms with Gasteiger partial charge in [0.15, 0.2) is 12.2 Å². The maximum absolute atomic E-state index is 15.9. The third kappa shape index (κ3) is 9.24. The normalized spacial score (nSPS) is 24.8. The Morgan fingerprint density at radius 1 is 1.00 bits per heavy atom. The molecule has 1 N–H and O–H groups in total. The van der Waals surface area contributed by atoms with Crippen molar-refractivity contribution in [3.05, 3.63) is 12.7 Å². The topological polar surface area (TPSA) is 170 Å². The molecule has 1 heterocycles. The zero-order valence-corrected chi connectivity index (χ0v) is 20.6. The summed E-state index contributed by atoms with van der Waals surface area (Å²) in [6, 6.07) is -1.41. The molecule has 13 nitrogen and oxygen atoms in total. The molecule has 0 aromatic carbocycles. The van der Waals surface area contributed by atoms with E-state index in [0.29, 0.717) is 0 Å². The van der Waals surface area contributed by atoms with Crippen molar-refractivity contribution in [2.24, 2.45) is 0 Å². The first-order valence-corrected chi connectivity index (χ1v) is 10.8. The summed E-state index contributed by atoms with van der Waals surface area (Å²) in [5, 5.41) is 2.42. The highest BCUT2D eigenvalue weighted by atomic mass is 19.2. The smallest absolute Gasteiger partial charge is 0.372 e. The van der Waals surface area contributed by atoms with Crippen LogP contribution in [0.25, 0.3) is 0 Å². The van der Waals surface area contributed by atoms with E-state index < -0.39 is 85.1 Å². The van der Waals surface area contributed by atoms with Gasteiger partial charge in [0.25, 0.3) is 0 Å². The molecule has 14 heteroatoms. The van der Waals surface area contributed by atoms with Crippen LogP contribution in [-0.2, 0) is 57.2 Å². The number of ether oxygens (including phenoxy) is 6. The Morgan fingerprint density at radius 2 is 1.61 bits per heavy atom. The van der Waals surface area contributed by atoms with Crippen LogP contribution in [0.2, 0.25) is 0 Å². The second-order valence-corrected chi connectivity index (χ2v) is 7.80. The third-order valence-corrected chi connectivity index (χ3v) is 4.63. The monoisotopic (exact) mass is 519 g/mol. The van der Waals surface area contributed by atoms with E-state index in [1.807, 2.05) is 0 Å². The van der Waals surface area contributed by atoms with E-state index in [4.69, 9.17) is 28.4 Å². The highest BCUT2D eigenvalue weighted by Crippen LogP contribution is 2.37. The number of rotatable bonds is 11. The molecule has 1 saturated heterocycles. The zero-order chi connectivity index (χ0) is 27.6. The first-order valence-electron chi connectivity index (χ1n) is 10.8. The van der Waals surface area contributed by atoms with Gasteiger partial charge in [0.05, 0.1) is 12.5 Å². The van der Waals surface area contributed by atoms with Crippen molar-refractivity contribution in [3.8, 4) is 0 Å². The van der Waals surface area contributed by atoms with E-state index >= 15 is 4.39 Å². The molecule has 36 heavy (non-hydrogen) atoms. The quantitative estimate of drug-likeness (QED) is 0.221. The molecule has 0 unspecified atom stereocenters. The summed E-state index contributed by atoms with van der Waals surface area (Å²) in [6.07, 6.45) is -6.42. The van der Waals surface area contributed by atoms with E-state index in [-0.39, 0.29) is 6.61 Å². The fourth-order valence-corrected chi connectivity index (χ4v) is 3.47. The van der Waals surface area contributed by atoms with Crippen LogP contribution in [0, 0.1) is 0 Å². The third-order valence-electron chi connectivity index (χ3n) is 4.63. The minimum Gasteiger partial charge on any atom is -0.462 e. The molecule has 0 bridgehead atoms. The van der Waals surface area contributed by atoms with Crippen molar-refractivity contribution in [1.82, 2.24) is 5.32 Å². The molecule has 0 saturated carbocycles. The van der Waals surface area contributed by atoms with Crippen LogP contribution in [0.1, 0.15) is 41.0 Å². The fraction of sp³-hybridized carbons (Fsp3) is 0.636. The van der Waals surface area contributed by atoms with Gasteiger partial charge in [-0.15, -0.1) is 0 Å². The standard InChI is InChI=1S/C22H30FNO12/c1-7-8-31-21(30)22(23)9-16(33-13(4)27)18(24-11(2)25)20(36-22)19(35-15(6)29)17(34-14(5)28)10-32-12(3)26/h7,16-20H,1,8-10H2,2-6H3,(H,24,25)/t16-,17+,18+,19+,20+,22-/m0/s1. The summed E-state index contributed by atoms with van der Waals surface area (Å²) in [5.74, 6) is -9.00. The Kier molecular flexibility index (Phi) is 11.4. The highest BCUT2D eigenvalue weighted by molar-refractivity contribution is 5.79. The lowest BCUT2D eigenvalue weighted by Gasteiger charge is -2.46. The van der Waals surface area contributed by atoms with E-state index in [1.54, 1.807) is 0 Å². The number of hydrogen-bond donors (Lipinski definition) is 1. The van der Waals surface area contributed by atoms with Crippen LogP contribution in [0.4, 0.5) is 4.39 Å². The van der Waals surface area contributed by atoms with Crippen molar-refractivity contribution in [2.75, 3.05) is 13.2 Å². The predicted molar refractivity (Wildman–Crippen MR) is 115 cm³/mol. The molecule has 0 aliphatic carbocycles. The van der Waals surface area contributed by atoms with Gasteiger partial charge in [0.2, 0.25) is 5.91 Å². The second-order valence-electron chi connectivity index (χ2n) is 7.80. The van der Waals surface area contributed by atoms with Gasteiger partial charge in [0.1, 0.15) is 25.4 Å². The molecule has 1 amide bonds. The Labute approximate surface area is 206 Å². The van der Waals surface area contributed by atoms with Gasteiger partial charge >= 0.3 is 35.7 Å². The molecule has 202 valence electrons. The SMILES string of the molecule is C=CCOC(=O)[C@]1(F)C[C@H](OC(C)=O)[C@@H](NC(C)=O)[C@H]([C@H](OC(C)=O)[C@@H](COC(C)=O)OC(C)=O)O1. The summed E-state index contributed by atoms with van der Waals surface area (Å²) < 4.78 is 46.5. The van der Waals surface area contributed by atoms with Crippen molar-refractivity contribution in [1.29, 1.82) is 0 Å². The Balaban J connectivity index is 3.66. The van der Waals surface area contributed by atoms with E-state index in [9.17, 15) is 28.8 Å². The lowest BCUT2D eigenvalue weighted by atomic mass is 9.88. The van der Waals surface area contributed by atoms with Crippen LogP contribution in [0.3, 0.4) is 0 Å². The van der Waals surface area contributed by atoms with Crippen molar-refractivity contribution < 1.29 is 61.6 Å². The summed E-state index contributed by atoms with van der Waals surface area (Å²) in [6.45, 7) is 7.45. The second kappa shape index (κ2) is 13.5. The van der Waals surface area contributed by atoms with Gasteiger partial charge in [-0.2, -0.15) is 4.39 Å². The van der Waals surface area contributed by atoms with Crippen LogP contribution >= 0.6 is 0 Å². The number of esters is 5. The molecule has 0 spiro atoms. The first-order chi connectivity index (χ1) is 16.7. The molecule has 1 aliphatic heterocycles. The van der Waals surface area contributed by atoms with Gasteiger partial charge in [-0.25, -0.2) is 4.79 Å². The van der Waals surface area contributed by atoms with Gasteiger partial charge in [-0.3, -0.25) is 24.0 Å². The average Bonchev–Trinajstić information content (AvgIpc) is 2.74. The molecule has 0 aromatic heterocycles. The number of halogens is 1. The number of carbonyl (C=O) groups is 6. The molecule has 1 aliphatic rings. The lowest BCUT2D eigenvalue weighted by molar-refractivity contribution is -0.275. The van der Waals surface area contributed by atoms with Crippen LogP contribution < -0.4 is 5.32 Å². The van der Waals surface area contributed by atoms with Crippen molar-refractivity contribution in [3.63, 3.8) is 0 Å². The maximum Gasteiger partial charge on any atom is 0.372 e. The van der Waals surface area contributed by atoms with Crippen molar-refractivity contribution >= 4 is 35.8 Å². The largest absolute Gasteiger partial charge is 0.462 e. The van der Waals surface area contributed by atoms with Gasteiger partial charge < -0.3 is 33.7 Å². The summed E-state index contributed by atoms with van der Waals surface area (Å²) in [4.78, 5) is 71.4. The number of nitrogens with one attached hydrogen (secondary N) is 1. The van der Waals surface area contributed by atoms with Gasteiger partial charge in [-0.05, 0) is 0 Å². The van der Waals surface area contributed by atoms with E-state index in [0.717, 1.165) is 34.6 Å². The molecular formula is C22H30FNO12. The summed E-state index contributed by atoms with van der Waals surface area (Å²) in [5.41, 5.74) is 0. The van der Waals surface area contributed by atoms with Crippen LogP contribution in [0.5, 0.6) is 0 Å². The Hall–Kier alpha value is -3.55. The Bertz CT molecular complexity index is 877. The number of amides is 1. The fourth-order valence-electron chi connectivity index (χ4n) is 3.47. The van der Waals surface area contributed by atoms with Gasteiger partial charge in [0, 0.05) is 34.6 Å². The molecule has 6 atom stereocenters. The molecular weight excluding hydrogens is 489 g/mol. The predicted octanol–water partition coefficient (Wildman–Crippen LogP) is 0.0332. The molecule has 0 radical (unpaired) electrons. The van der Waals surface area contributed by atoms with Gasteiger partial charge in [-0.1, -0.05) is 12.7 Å². The Morgan fingerprint density at radius 3 is 2.08 bits per heavy atom. The summed E-state index contributed by atoms with van der Waals surface area (Å²) >= 11 is 0. The lowest BCUT2D eigenvalue weighted by Crippen LogP contribution is -2.67. The first kappa shape index (κ1) is 30.5. The minimum absolute atomic E-state index is 0.387. The molecule has 1 rings (SSSR count). The van der Waals surface area contributed by atoms with Crippen LogP contribution in [0.15, 0.2) is 12.7 Å². The van der Waals surface area contributed by atoms with E-state index in [2.05, 4.69) is 11.9 Å². The average molecular weight is 519 g/mol. The number of alkyl halides is 1. The molecule has 1 fully saturated rings. The van der Waals surface area contributed by atoms with E-state index in [1.165, 1.54) is 6.08 Å².